The maximum atomic E-state index is 13.9. The Hall–Kier alpha value is -2.66. The topological polar surface area (TPSA) is 125 Å². The van der Waals surface area contributed by atoms with Crippen LogP contribution in [0.1, 0.15) is 80.1 Å². The summed E-state index contributed by atoms with van der Waals surface area (Å²) in [6.07, 6.45) is -1.85. The molecule has 9 nitrogen and oxygen atoms in total. The van der Waals surface area contributed by atoms with Crippen molar-refractivity contribution in [1.29, 1.82) is 0 Å². The van der Waals surface area contributed by atoms with Crippen LogP contribution in [0.3, 0.4) is 0 Å². The third-order valence-electron chi connectivity index (χ3n) is 9.57. The smallest absolute Gasteiger partial charge is 0.344 e. The summed E-state index contributed by atoms with van der Waals surface area (Å²) in [4.78, 5) is 66.3. The summed E-state index contributed by atoms with van der Waals surface area (Å²) in [7, 11) is 0. The number of likely N-dealkylation sites (tertiary alicyclic amines) is 1. The van der Waals surface area contributed by atoms with Gasteiger partial charge in [-0.25, -0.2) is 4.79 Å². The van der Waals surface area contributed by atoms with Gasteiger partial charge in [0.15, 0.2) is 5.78 Å². The van der Waals surface area contributed by atoms with E-state index in [0.717, 1.165) is 19.3 Å². The van der Waals surface area contributed by atoms with Crippen molar-refractivity contribution in [1.82, 2.24) is 20.9 Å². The van der Waals surface area contributed by atoms with E-state index in [4.69, 9.17) is 0 Å². The Bertz CT molecular complexity index is 1090. The van der Waals surface area contributed by atoms with E-state index >= 15 is 0 Å². The summed E-state index contributed by atoms with van der Waals surface area (Å²) in [5.74, 6) is -2.37. The minimum absolute atomic E-state index is 0.00944. The summed E-state index contributed by atoms with van der Waals surface area (Å²) in [6, 6.07) is -4.22. The van der Waals surface area contributed by atoms with Crippen molar-refractivity contribution in [2.45, 2.75) is 110 Å². The largest absolute Gasteiger partial charge is 0.411 e. The lowest BCUT2D eigenvalue weighted by Gasteiger charge is -2.38. The second kappa shape index (κ2) is 10.0. The van der Waals surface area contributed by atoms with Crippen molar-refractivity contribution in [2.24, 2.45) is 28.6 Å². The lowest BCUT2D eigenvalue weighted by atomic mass is 9.79. The second-order valence-corrected chi connectivity index (χ2v) is 13.9. The number of halogens is 3. The lowest BCUT2D eigenvalue weighted by molar-refractivity contribution is -0.162. The Morgan fingerprint density at radius 1 is 1.00 bits per heavy atom. The van der Waals surface area contributed by atoms with E-state index in [2.05, 4.69) is 10.6 Å². The Morgan fingerprint density at radius 2 is 1.60 bits per heavy atom. The van der Waals surface area contributed by atoms with Crippen LogP contribution in [0, 0.1) is 28.6 Å². The maximum absolute atomic E-state index is 13.9. The SMILES string of the molecule is CC(=O)C(=O)C(CC1CCC1)NC(=O)[C@@H]1C2C(CN1C(=O)[C@@H](NC(=O)NC1(C(F)(F)F)CC1)C(C)(C)C)C2(C)C. The molecule has 12 heteroatoms. The highest BCUT2D eigenvalue weighted by atomic mass is 19.4. The average Bonchev–Trinajstić information content (AvgIpc) is 3.61. The summed E-state index contributed by atoms with van der Waals surface area (Å²) in [6.45, 7) is 10.5. The molecule has 3 unspecified atom stereocenters. The standard InChI is InChI=1S/C28H41F3N4O5/c1-14(36)20(37)17(12-15-8-7-9-15)32-22(38)19-18-16(26(18,5)6)13-35(19)23(39)21(25(2,3)4)33-24(40)34-27(10-11-27)28(29,30)31/h15-19,21H,7-13H2,1-6H3,(H,32,38)(H2,33,34,40)/t16?,17?,18?,19-,21+/m0/s1. The van der Waals surface area contributed by atoms with Crippen LogP contribution in [-0.4, -0.2) is 70.7 Å². The molecule has 3 saturated carbocycles. The number of nitrogens with one attached hydrogen (secondary N) is 3. The molecule has 1 aliphatic heterocycles. The number of alkyl halides is 3. The third-order valence-corrected chi connectivity index (χ3v) is 9.57. The second-order valence-electron chi connectivity index (χ2n) is 13.9. The molecule has 0 spiro atoms. The highest BCUT2D eigenvalue weighted by Gasteiger charge is 2.70. The zero-order valence-corrected chi connectivity index (χ0v) is 24.0. The van der Waals surface area contributed by atoms with Crippen LogP contribution in [-0.2, 0) is 19.2 Å². The molecule has 224 valence electrons. The molecule has 0 aromatic heterocycles. The summed E-state index contributed by atoms with van der Waals surface area (Å²) in [5, 5.41) is 7.22. The van der Waals surface area contributed by atoms with Gasteiger partial charge < -0.3 is 20.9 Å². The van der Waals surface area contributed by atoms with Gasteiger partial charge in [-0.1, -0.05) is 53.9 Å². The summed E-state index contributed by atoms with van der Waals surface area (Å²) in [5.41, 5.74) is -3.41. The molecule has 40 heavy (non-hydrogen) atoms. The quantitative estimate of drug-likeness (QED) is 0.368. The van der Waals surface area contributed by atoms with E-state index in [1.54, 1.807) is 20.8 Å². The van der Waals surface area contributed by atoms with Crippen molar-refractivity contribution in [3.8, 4) is 0 Å². The van der Waals surface area contributed by atoms with Crippen LogP contribution in [0.2, 0.25) is 0 Å². The predicted molar refractivity (Wildman–Crippen MR) is 139 cm³/mol. The normalized spacial score (nSPS) is 27.9. The van der Waals surface area contributed by atoms with E-state index < -0.39 is 64.7 Å². The zero-order valence-electron chi connectivity index (χ0n) is 24.0. The van der Waals surface area contributed by atoms with Crippen LogP contribution in [0.15, 0.2) is 0 Å². The van der Waals surface area contributed by atoms with Gasteiger partial charge in [-0.3, -0.25) is 19.2 Å². The van der Waals surface area contributed by atoms with E-state index in [9.17, 15) is 37.1 Å². The molecule has 1 saturated heterocycles. The molecular formula is C28H41F3N4O5. The minimum atomic E-state index is -4.61. The number of carbonyl (C=O) groups is 5. The summed E-state index contributed by atoms with van der Waals surface area (Å²) >= 11 is 0. The van der Waals surface area contributed by atoms with Gasteiger partial charge >= 0.3 is 12.2 Å². The molecule has 0 aromatic carbocycles. The van der Waals surface area contributed by atoms with Crippen molar-refractivity contribution in [3.05, 3.63) is 0 Å². The molecule has 4 rings (SSSR count). The molecule has 5 atom stereocenters. The molecular weight excluding hydrogens is 529 g/mol. The number of urea groups is 1. The van der Waals surface area contributed by atoms with Gasteiger partial charge in [0, 0.05) is 13.5 Å². The van der Waals surface area contributed by atoms with Gasteiger partial charge in [0.1, 0.15) is 17.6 Å². The number of fused-ring (bicyclic) bond motifs is 1. The van der Waals surface area contributed by atoms with Crippen LogP contribution in [0.4, 0.5) is 18.0 Å². The first-order valence-corrected chi connectivity index (χ1v) is 14.1. The van der Waals surface area contributed by atoms with Crippen molar-refractivity contribution < 1.29 is 37.1 Å². The number of Topliss-reactive ketones (excluding diaryl/α,β-unsaturated/α-hetero) is 2. The van der Waals surface area contributed by atoms with Crippen LogP contribution in [0.25, 0.3) is 0 Å². The third kappa shape index (κ3) is 5.59. The van der Waals surface area contributed by atoms with Gasteiger partial charge in [-0.05, 0) is 47.8 Å². The number of piperidine rings is 1. The fourth-order valence-electron chi connectivity index (χ4n) is 6.41. The lowest BCUT2D eigenvalue weighted by Crippen LogP contribution is -2.62. The van der Waals surface area contributed by atoms with Crippen LogP contribution >= 0.6 is 0 Å². The van der Waals surface area contributed by atoms with Gasteiger partial charge in [0.05, 0.1) is 6.04 Å². The first kappa shape index (κ1) is 30.3. The van der Waals surface area contributed by atoms with Gasteiger partial charge in [-0.2, -0.15) is 13.2 Å². The number of hydrogen-bond acceptors (Lipinski definition) is 5. The molecule has 0 radical (unpaired) electrons. The molecule has 4 fully saturated rings. The Balaban J connectivity index is 1.53. The van der Waals surface area contributed by atoms with E-state index in [1.165, 1.54) is 11.8 Å². The highest BCUT2D eigenvalue weighted by molar-refractivity contribution is 6.38. The molecule has 3 aliphatic carbocycles. The first-order valence-electron chi connectivity index (χ1n) is 14.1. The number of nitrogens with zero attached hydrogens (tertiary/aromatic N) is 1. The number of amides is 4. The number of rotatable bonds is 9. The maximum Gasteiger partial charge on any atom is 0.411 e. The predicted octanol–water partition coefficient (Wildman–Crippen LogP) is 3.11. The Kier molecular flexibility index (Phi) is 7.58. The van der Waals surface area contributed by atoms with Crippen molar-refractivity contribution in [2.75, 3.05) is 6.54 Å². The number of hydrogen-bond donors (Lipinski definition) is 3. The fraction of sp³-hybridized carbons (Fsp3) is 0.821. The Morgan fingerprint density at radius 3 is 2.05 bits per heavy atom. The average molecular weight is 571 g/mol. The molecule has 0 bridgehead atoms. The van der Waals surface area contributed by atoms with Gasteiger partial charge in [-0.15, -0.1) is 0 Å². The monoisotopic (exact) mass is 570 g/mol. The van der Waals surface area contributed by atoms with E-state index in [0.29, 0.717) is 6.42 Å². The number of carbonyl (C=O) groups excluding carboxylic acids is 5. The molecule has 4 amide bonds. The molecule has 1 heterocycles. The molecule has 3 N–H and O–H groups in total. The van der Waals surface area contributed by atoms with Gasteiger partial charge in [0.25, 0.3) is 0 Å². The zero-order chi connectivity index (χ0) is 30.0. The first-order chi connectivity index (χ1) is 18.3. The van der Waals surface area contributed by atoms with Crippen molar-refractivity contribution in [3.63, 3.8) is 0 Å². The fourth-order valence-corrected chi connectivity index (χ4v) is 6.41. The highest BCUT2D eigenvalue weighted by Crippen LogP contribution is 2.65. The summed E-state index contributed by atoms with van der Waals surface area (Å²) < 4.78 is 40.2. The van der Waals surface area contributed by atoms with Gasteiger partial charge in [0.2, 0.25) is 17.6 Å². The number of ketones is 2. The molecule has 0 aromatic rings. The van der Waals surface area contributed by atoms with Crippen LogP contribution in [0.5, 0.6) is 0 Å². The minimum Gasteiger partial charge on any atom is -0.344 e. The van der Waals surface area contributed by atoms with E-state index in [-0.39, 0.29) is 42.6 Å². The van der Waals surface area contributed by atoms with Crippen LogP contribution < -0.4 is 16.0 Å². The van der Waals surface area contributed by atoms with E-state index in [1.807, 2.05) is 19.2 Å². The molecule has 4 aliphatic rings. The van der Waals surface area contributed by atoms with Crippen molar-refractivity contribution >= 4 is 29.4 Å². The Labute approximate surface area is 232 Å².